The van der Waals surface area contributed by atoms with E-state index in [1.165, 1.54) is 13.2 Å². The second-order valence-corrected chi connectivity index (χ2v) is 5.82. The first kappa shape index (κ1) is 17.5. The third kappa shape index (κ3) is 3.01. The number of carbonyl (C=O) groups is 2. The summed E-state index contributed by atoms with van der Waals surface area (Å²) in [4.78, 5) is 24.9. The van der Waals surface area contributed by atoms with Gasteiger partial charge in [-0.1, -0.05) is 18.2 Å². The summed E-state index contributed by atoms with van der Waals surface area (Å²) < 4.78 is 31.3. The van der Waals surface area contributed by atoms with E-state index in [1.54, 1.807) is 31.2 Å². The van der Waals surface area contributed by atoms with Crippen LogP contribution in [0.1, 0.15) is 18.1 Å². The lowest BCUT2D eigenvalue weighted by Crippen LogP contribution is -2.40. The van der Waals surface area contributed by atoms with Crippen LogP contribution in [0.15, 0.2) is 47.6 Å². The third-order valence-corrected chi connectivity index (χ3v) is 4.10. The molecule has 0 aliphatic carbocycles. The molecule has 1 fully saturated rings. The number of amides is 3. The van der Waals surface area contributed by atoms with Gasteiger partial charge in [0.2, 0.25) is 0 Å². The highest BCUT2D eigenvalue weighted by Gasteiger charge is 2.49. The van der Waals surface area contributed by atoms with Gasteiger partial charge in [-0.2, -0.15) is 5.10 Å². The highest BCUT2D eigenvalue weighted by molar-refractivity contribution is 6.07. The normalized spacial score (nSPS) is 19.9. The van der Waals surface area contributed by atoms with Crippen LogP contribution in [-0.2, 0) is 10.3 Å². The van der Waals surface area contributed by atoms with E-state index in [-0.39, 0.29) is 5.56 Å². The van der Waals surface area contributed by atoms with Gasteiger partial charge in [0.1, 0.15) is 11.3 Å². The molecule has 3 rings (SSSR count). The lowest BCUT2D eigenvalue weighted by atomic mass is 9.92. The second-order valence-electron chi connectivity index (χ2n) is 5.82. The monoisotopic (exact) mass is 359 g/mol. The van der Waals surface area contributed by atoms with Crippen molar-refractivity contribution in [2.75, 3.05) is 7.11 Å². The van der Waals surface area contributed by atoms with Crippen molar-refractivity contribution in [3.8, 4) is 5.75 Å². The van der Waals surface area contributed by atoms with Crippen molar-refractivity contribution in [1.29, 1.82) is 0 Å². The van der Waals surface area contributed by atoms with Crippen molar-refractivity contribution in [2.45, 2.75) is 12.5 Å². The van der Waals surface area contributed by atoms with Crippen molar-refractivity contribution in [3.05, 3.63) is 65.2 Å². The van der Waals surface area contributed by atoms with Crippen molar-refractivity contribution in [3.63, 3.8) is 0 Å². The minimum Gasteiger partial charge on any atom is -0.497 e. The molecule has 0 unspecified atom stereocenters. The van der Waals surface area contributed by atoms with E-state index in [2.05, 4.69) is 10.4 Å². The number of hydrazone groups is 1. The summed E-state index contributed by atoms with van der Waals surface area (Å²) in [5.74, 6) is -2.02. The maximum absolute atomic E-state index is 13.2. The molecule has 6 nitrogen and oxygen atoms in total. The first-order valence-corrected chi connectivity index (χ1v) is 7.65. The molecule has 1 aliphatic rings. The SMILES string of the molecule is COc1ccc([C@@]2(C)NC(=O)N(N=Cc3ccc(F)c(F)c3)C2=O)cc1. The van der Waals surface area contributed by atoms with Gasteiger partial charge in [0.15, 0.2) is 11.6 Å². The standard InChI is InChI=1S/C18H15F2N3O3/c1-18(12-4-6-13(26-2)7-5-12)16(24)23(17(25)22-18)21-10-11-3-8-14(19)15(20)9-11/h3-10H,1-2H3,(H,22,25)/t18-/m1/s1. The number of nitrogens with one attached hydrogen (secondary N) is 1. The number of nitrogens with zero attached hydrogens (tertiary/aromatic N) is 2. The summed E-state index contributed by atoms with van der Waals surface area (Å²) >= 11 is 0. The number of hydrogen-bond donors (Lipinski definition) is 1. The molecular formula is C18H15F2N3O3. The maximum Gasteiger partial charge on any atom is 0.346 e. The van der Waals surface area contributed by atoms with Crippen LogP contribution >= 0.6 is 0 Å². The third-order valence-electron chi connectivity index (χ3n) is 4.10. The van der Waals surface area contributed by atoms with Gasteiger partial charge in [-0.15, -0.1) is 5.01 Å². The van der Waals surface area contributed by atoms with E-state index < -0.39 is 29.1 Å². The Morgan fingerprint density at radius 3 is 2.42 bits per heavy atom. The summed E-state index contributed by atoms with van der Waals surface area (Å²) in [6.45, 7) is 1.56. The summed E-state index contributed by atoms with van der Waals surface area (Å²) in [6.07, 6.45) is 1.11. The van der Waals surface area contributed by atoms with E-state index in [0.717, 1.165) is 18.3 Å². The highest BCUT2D eigenvalue weighted by Crippen LogP contribution is 2.30. The Morgan fingerprint density at radius 1 is 1.12 bits per heavy atom. The Labute approximate surface area is 148 Å². The fraction of sp³-hybridized carbons (Fsp3) is 0.167. The Hall–Kier alpha value is -3.29. The Balaban J connectivity index is 1.85. The number of hydrogen-bond acceptors (Lipinski definition) is 4. The summed E-state index contributed by atoms with van der Waals surface area (Å²) in [5.41, 5.74) is -0.529. The predicted molar refractivity (Wildman–Crippen MR) is 89.7 cm³/mol. The first-order chi connectivity index (χ1) is 12.3. The number of methoxy groups -OCH3 is 1. The number of benzene rings is 2. The fourth-order valence-corrected chi connectivity index (χ4v) is 2.57. The zero-order valence-corrected chi connectivity index (χ0v) is 14.0. The average Bonchev–Trinajstić information content (AvgIpc) is 2.86. The highest BCUT2D eigenvalue weighted by atomic mass is 19.2. The van der Waals surface area contributed by atoms with Crippen molar-refractivity contribution < 1.29 is 23.1 Å². The molecule has 26 heavy (non-hydrogen) atoms. The van der Waals surface area contributed by atoms with Gasteiger partial charge < -0.3 is 10.1 Å². The molecule has 0 bridgehead atoms. The molecule has 2 aromatic carbocycles. The summed E-state index contributed by atoms with van der Waals surface area (Å²) in [7, 11) is 1.52. The first-order valence-electron chi connectivity index (χ1n) is 7.65. The number of rotatable bonds is 4. The molecule has 8 heteroatoms. The molecular weight excluding hydrogens is 344 g/mol. The zero-order valence-electron chi connectivity index (χ0n) is 14.0. The minimum atomic E-state index is -1.30. The lowest BCUT2D eigenvalue weighted by Gasteiger charge is -2.21. The van der Waals surface area contributed by atoms with Gasteiger partial charge in [0, 0.05) is 0 Å². The van der Waals surface area contributed by atoms with E-state index in [4.69, 9.17) is 4.74 Å². The fourth-order valence-electron chi connectivity index (χ4n) is 2.57. The van der Waals surface area contributed by atoms with E-state index in [0.29, 0.717) is 16.3 Å². The van der Waals surface area contributed by atoms with Crippen LogP contribution in [0.2, 0.25) is 0 Å². The molecule has 1 atom stereocenters. The number of halogens is 2. The van der Waals surface area contributed by atoms with Crippen molar-refractivity contribution >= 4 is 18.2 Å². The van der Waals surface area contributed by atoms with E-state index in [9.17, 15) is 18.4 Å². The Morgan fingerprint density at radius 2 is 1.81 bits per heavy atom. The Bertz CT molecular complexity index is 899. The van der Waals surface area contributed by atoms with Crippen LogP contribution in [0.25, 0.3) is 0 Å². The quantitative estimate of drug-likeness (QED) is 0.674. The largest absolute Gasteiger partial charge is 0.497 e. The van der Waals surface area contributed by atoms with Crippen LogP contribution in [0, 0.1) is 11.6 Å². The van der Waals surface area contributed by atoms with Crippen molar-refractivity contribution in [2.24, 2.45) is 5.10 Å². The summed E-state index contributed by atoms with van der Waals surface area (Å²) in [6, 6.07) is 9.10. The van der Waals surface area contributed by atoms with Gasteiger partial charge in [-0.3, -0.25) is 4.79 Å². The molecule has 1 saturated heterocycles. The van der Waals surface area contributed by atoms with Gasteiger partial charge in [-0.25, -0.2) is 13.6 Å². The van der Waals surface area contributed by atoms with Crippen LogP contribution < -0.4 is 10.1 Å². The number of imide groups is 1. The molecule has 1 heterocycles. The molecule has 1 N–H and O–H groups in total. The molecule has 0 radical (unpaired) electrons. The average molecular weight is 359 g/mol. The van der Waals surface area contributed by atoms with E-state index >= 15 is 0 Å². The van der Waals surface area contributed by atoms with Crippen LogP contribution in [-0.4, -0.2) is 30.3 Å². The maximum atomic E-state index is 13.2. The molecule has 0 saturated carbocycles. The molecule has 1 aliphatic heterocycles. The van der Waals surface area contributed by atoms with Gasteiger partial charge in [-0.05, 0) is 42.3 Å². The smallest absolute Gasteiger partial charge is 0.346 e. The summed E-state index contributed by atoms with van der Waals surface area (Å²) in [5, 5.41) is 7.06. The predicted octanol–water partition coefficient (Wildman–Crippen LogP) is 2.77. The topological polar surface area (TPSA) is 71.0 Å². The van der Waals surface area contributed by atoms with Gasteiger partial charge in [0.05, 0.1) is 13.3 Å². The molecule has 0 aromatic heterocycles. The van der Waals surface area contributed by atoms with E-state index in [1.807, 2.05) is 0 Å². The number of carbonyl (C=O) groups excluding carboxylic acids is 2. The van der Waals surface area contributed by atoms with Crippen molar-refractivity contribution in [1.82, 2.24) is 10.3 Å². The lowest BCUT2D eigenvalue weighted by molar-refractivity contribution is -0.131. The number of ether oxygens (including phenoxy) is 1. The Kier molecular flexibility index (Phi) is 4.41. The molecule has 0 spiro atoms. The van der Waals surface area contributed by atoms with Crippen LogP contribution in [0.5, 0.6) is 5.75 Å². The van der Waals surface area contributed by atoms with Gasteiger partial charge in [0.25, 0.3) is 5.91 Å². The van der Waals surface area contributed by atoms with Gasteiger partial charge >= 0.3 is 6.03 Å². The number of urea groups is 1. The van der Waals surface area contributed by atoms with Crippen LogP contribution in [0.3, 0.4) is 0 Å². The zero-order chi connectivity index (χ0) is 18.9. The molecule has 3 amide bonds. The minimum absolute atomic E-state index is 0.211. The second kappa shape index (κ2) is 6.55. The molecule has 2 aromatic rings. The van der Waals surface area contributed by atoms with Crippen LogP contribution in [0.4, 0.5) is 13.6 Å². The molecule has 134 valence electrons.